The number of unbranched alkanes of at least 4 members (excludes halogenated alkanes) is 1. The van der Waals surface area contributed by atoms with Gasteiger partial charge in [-0.2, -0.15) is 13.5 Å². The number of carbonyl (C=O) groups is 1. The molecule has 33 heavy (non-hydrogen) atoms. The van der Waals surface area contributed by atoms with Gasteiger partial charge in [-0.25, -0.2) is 13.1 Å². The van der Waals surface area contributed by atoms with Gasteiger partial charge in [0, 0.05) is 24.1 Å². The van der Waals surface area contributed by atoms with Crippen LogP contribution in [0.1, 0.15) is 60.2 Å². The maximum Gasteiger partial charge on any atom is 0.310 e. The van der Waals surface area contributed by atoms with Gasteiger partial charge in [-0.15, -0.1) is 0 Å². The summed E-state index contributed by atoms with van der Waals surface area (Å²) < 4.78 is 56.6. The zero-order chi connectivity index (χ0) is 24.4. The van der Waals surface area contributed by atoms with Gasteiger partial charge >= 0.3 is 10.1 Å². The van der Waals surface area contributed by atoms with E-state index in [0.717, 1.165) is 0 Å². The van der Waals surface area contributed by atoms with Crippen LogP contribution in [0.25, 0.3) is 0 Å². The summed E-state index contributed by atoms with van der Waals surface area (Å²) in [6.07, 6.45) is 2.51. The topological polar surface area (TPSA) is 134 Å². The number of sulfone groups is 1. The lowest BCUT2D eigenvalue weighted by Gasteiger charge is -2.21. The monoisotopic (exact) mass is 497 g/mol. The van der Waals surface area contributed by atoms with E-state index in [1.807, 2.05) is 6.92 Å². The van der Waals surface area contributed by atoms with E-state index in [0.29, 0.717) is 29.7 Å². The fourth-order valence-electron chi connectivity index (χ4n) is 3.69. The lowest BCUT2D eigenvalue weighted by Crippen LogP contribution is -2.24. The van der Waals surface area contributed by atoms with Crippen LogP contribution < -0.4 is 4.18 Å². The second-order valence-corrected chi connectivity index (χ2v) is 11.4. The van der Waals surface area contributed by atoms with Crippen LogP contribution in [0.15, 0.2) is 28.4 Å². The third-order valence-electron chi connectivity index (χ3n) is 5.39. The van der Waals surface area contributed by atoms with Gasteiger partial charge in [0.05, 0.1) is 28.3 Å². The zero-order valence-electron chi connectivity index (χ0n) is 19.0. The molecule has 1 aromatic carbocycles. The van der Waals surface area contributed by atoms with Crippen molar-refractivity contribution in [3.8, 4) is 5.88 Å². The number of benzene rings is 1. The van der Waals surface area contributed by atoms with E-state index in [2.05, 4.69) is 10.3 Å². The van der Waals surface area contributed by atoms with Crippen molar-refractivity contribution in [2.75, 3.05) is 18.6 Å². The molecule has 0 N–H and O–H groups in total. The van der Waals surface area contributed by atoms with Gasteiger partial charge in [0.2, 0.25) is 5.88 Å². The lowest BCUT2D eigenvalue weighted by molar-refractivity contribution is 0.103. The first-order valence-electron chi connectivity index (χ1n) is 10.6. The summed E-state index contributed by atoms with van der Waals surface area (Å²) in [5, 5.41) is 8.05. The number of hydrogen-bond acceptors (Lipinski definition) is 9. The fraction of sp³-hybridized carbons (Fsp3) is 0.476. The Hall–Kier alpha value is -2.73. The molecule has 1 aliphatic heterocycles. The molecule has 0 aliphatic carbocycles. The third kappa shape index (κ3) is 4.96. The van der Waals surface area contributed by atoms with Crippen molar-refractivity contribution >= 4 is 31.5 Å². The Morgan fingerprint density at radius 2 is 1.97 bits per heavy atom. The summed E-state index contributed by atoms with van der Waals surface area (Å²) in [4.78, 5) is 18.4. The maximum absolute atomic E-state index is 13.5. The van der Waals surface area contributed by atoms with Crippen molar-refractivity contribution < 1.29 is 30.7 Å². The normalized spacial score (nSPS) is 16.4. The summed E-state index contributed by atoms with van der Waals surface area (Å²) in [5.74, 6) is -0.978. The quantitative estimate of drug-likeness (QED) is 0.293. The van der Waals surface area contributed by atoms with Crippen LogP contribution in [-0.4, -0.2) is 56.7 Å². The number of carbonyl (C=O) groups excluding carboxylic acids is 1. The Morgan fingerprint density at radius 3 is 2.61 bits per heavy atom. The van der Waals surface area contributed by atoms with E-state index in [4.69, 9.17) is 9.02 Å². The molecule has 10 nitrogen and oxygen atoms in total. The number of ketones is 1. The van der Waals surface area contributed by atoms with Gasteiger partial charge in [0.15, 0.2) is 15.6 Å². The number of hydrogen-bond donors (Lipinski definition) is 0. The van der Waals surface area contributed by atoms with Crippen molar-refractivity contribution in [3.05, 3.63) is 40.6 Å². The van der Waals surface area contributed by atoms with E-state index in [1.165, 1.54) is 30.1 Å². The molecule has 0 radical (unpaired) electrons. The fourth-order valence-corrected chi connectivity index (χ4v) is 6.37. The van der Waals surface area contributed by atoms with Gasteiger partial charge < -0.3 is 9.02 Å². The Balaban J connectivity index is 2.12. The first-order chi connectivity index (χ1) is 15.6. The lowest BCUT2D eigenvalue weighted by atomic mass is 9.93. The molecule has 0 saturated heterocycles. The summed E-state index contributed by atoms with van der Waals surface area (Å²) >= 11 is 0. The molecule has 0 atom stereocenters. The molecule has 3 rings (SSSR count). The predicted molar refractivity (Wildman–Crippen MR) is 122 cm³/mol. The minimum Gasteiger partial charge on any atom is -0.399 e. The van der Waals surface area contributed by atoms with Crippen LogP contribution in [0.3, 0.4) is 0 Å². The highest BCUT2D eigenvalue weighted by Gasteiger charge is 2.33. The van der Waals surface area contributed by atoms with Gasteiger partial charge in [0.1, 0.15) is 12.7 Å². The SMILES string of the molecule is CCCCS(=O)(=O)Oc1c(C(=O)c2ccc3c(c2C)C(=NOC)CCS3(=O)=O)cnn1CC. The average Bonchev–Trinajstić information content (AvgIpc) is 3.16. The van der Waals surface area contributed by atoms with Crippen molar-refractivity contribution in [2.45, 2.75) is 51.5 Å². The van der Waals surface area contributed by atoms with Crippen LogP contribution in [0.5, 0.6) is 5.88 Å². The molecule has 0 saturated carbocycles. The first kappa shape index (κ1) is 24.9. The van der Waals surface area contributed by atoms with E-state index in [9.17, 15) is 21.6 Å². The van der Waals surface area contributed by atoms with Crippen LogP contribution >= 0.6 is 0 Å². The molecule has 12 heteroatoms. The summed E-state index contributed by atoms with van der Waals surface area (Å²) in [7, 11) is -6.09. The summed E-state index contributed by atoms with van der Waals surface area (Å²) in [6.45, 7) is 5.52. The molecule has 1 aromatic heterocycles. The van der Waals surface area contributed by atoms with Gasteiger partial charge in [-0.1, -0.05) is 18.5 Å². The highest BCUT2D eigenvalue weighted by atomic mass is 32.2. The van der Waals surface area contributed by atoms with Gasteiger partial charge in [0.25, 0.3) is 0 Å². The number of fused-ring (bicyclic) bond motifs is 1. The van der Waals surface area contributed by atoms with Crippen LogP contribution in [0.2, 0.25) is 0 Å². The molecule has 0 unspecified atom stereocenters. The molecule has 0 amide bonds. The zero-order valence-corrected chi connectivity index (χ0v) is 20.6. The smallest absolute Gasteiger partial charge is 0.310 e. The molecule has 1 aliphatic rings. The highest BCUT2D eigenvalue weighted by Crippen LogP contribution is 2.32. The molecular weight excluding hydrogens is 470 g/mol. The standard InChI is InChI=1S/C21H27N3O7S2/c1-5-7-11-33(28,29)31-21-16(13-22-24(21)6-2)20(25)15-8-9-18-19(14(15)3)17(23-30-4)10-12-32(18,26)27/h8-9,13H,5-7,10-12H2,1-4H3. The van der Waals surface area contributed by atoms with Crippen molar-refractivity contribution in [3.63, 3.8) is 0 Å². The molecule has 2 heterocycles. The number of rotatable bonds is 9. The maximum atomic E-state index is 13.5. The summed E-state index contributed by atoms with van der Waals surface area (Å²) in [5.41, 5.74) is 1.33. The van der Waals surface area contributed by atoms with E-state index in [-0.39, 0.29) is 46.4 Å². The van der Waals surface area contributed by atoms with E-state index < -0.39 is 25.7 Å². The molecule has 0 spiro atoms. The van der Waals surface area contributed by atoms with Crippen molar-refractivity contribution in [1.82, 2.24) is 9.78 Å². The van der Waals surface area contributed by atoms with Crippen molar-refractivity contribution in [2.24, 2.45) is 5.16 Å². The average molecular weight is 498 g/mol. The molecule has 2 aromatic rings. The third-order valence-corrected chi connectivity index (χ3v) is 8.35. The number of nitrogens with zero attached hydrogens (tertiary/aromatic N) is 3. The molecule has 0 bridgehead atoms. The highest BCUT2D eigenvalue weighted by molar-refractivity contribution is 7.91. The first-order valence-corrected chi connectivity index (χ1v) is 13.8. The van der Waals surface area contributed by atoms with Crippen molar-refractivity contribution in [1.29, 1.82) is 0 Å². The molecule has 0 fully saturated rings. The Morgan fingerprint density at radius 1 is 1.24 bits per heavy atom. The van der Waals surface area contributed by atoms with E-state index >= 15 is 0 Å². The molecule has 180 valence electrons. The second-order valence-electron chi connectivity index (χ2n) is 7.61. The van der Waals surface area contributed by atoms with Gasteiger partial charge in [-0.05, 0) is 38.0 Å². The van der Waals surface area contributed by atoms with Crippen LogP contribution in [0, 0.1) is 6.92 Å². The Labute approximate surface area is 193 Å². The van der Waals surface area contributed by atoms with Gasteiger partial charge in [-0.3, -0.25) is 4.79 Å². The van der Waals surface area contributed by atoms with Crippen LogP contribution in [-0.2, 0) is 31.3 Å². The Bertz CT molecular complexity index is 1310. The Kier molecular flexibility index (Phi) is 7.27. The molecular formula is C21H27N3O7S2. The number of oxime groups is 1. The second kappa shape index (κ2) is 9.64. The summed E-state index contributed by atoms with van der Waals surface area (Å²) in [6, 6.07) is 2.79. The van der Waals surface area contributed by atoms with Crippen LogP contribution in [0.4, 0.5) is 0 Å². The minimum atomic E-state index is -3.92. The van der Waals surface area contributed by atoms with E-state index in [1.54, 1.807) is 13.8 Å². The largest absolute Gasteiger partial charge is 0.399 e. The predicted octanol–water partition coefficient (Wildman–Crippen LogP) is 2.48. The number of aryl methyl sites for hydroxylation is 1. The minimum absolute atomic E-state index is 0.0242. The number of aromatic nitrogens is 2.